The van der Waals surface area contributed by atoms with E-state index in [-0.39, 0.29) is 24.6 Å². The van der Waals surface area contributed by atoms with Gasteiger partial charge in [-0.25, -0.2) is 4.39 Å². The third kappa shape index (κ3) is 7.08. The van der Waals surface area contributed by atoms with E-state index in [4.69, 9.17) is 10.5 Å². The Labute approximate surface area is 173 Å². The van der Waals surface area contributed by atoms with Crippen molar-refractivity contribution in [1.29, 1.82) is 0 Å². The summed E-state index contributed by atoms with van der Waals surface area (Å²) in [6, 6.07) is 12.9. The SMILES string of the molecule is CCC(CCc1ccc(-c2ccc(Br)cc2F)cc1)COC(=O)CCC(N)=O. The van der Waals surface area contributed by atoms with Crippen molar-refractivity contribution in [1.82, 2.24) is 0 Å². The van der Waals surface area contributed by atoms with Crippen molar-refractivity contribution in [3.63, 3.8) is 0 Å². The van der Waals surface area contributed by atoms with E-state index in [9.17, 15) is 14.0 Å². The van der Waals surface area contributed by atoms with Gasteiger partial charge >= 0.3 is 5.97 Å². The lowest BCUT2D eigenvalue weighted by atomic mass is 9.96. The van der Waals surface area contributed by atoms with E-state index in [1.165, 1.54) is 6.07 Å². The molecule has 0 aliphatic heterocycles. The molecule has 150 valence electrons. The Balaban J connectivity index is 1.85. The number of halogens is 2. The molecule has 0 bridgehead atoms. The summed E-state index contributed by atoms with van der Waals surface area (Å²) in [4.78, 5) is 22.3. The number of carbonyl (C=O) groups is 2. The molecule has 2 N–H and O–H groups in total. The van der Waals surface area contributed by atoms with Gasteiger partial charge in [0.25, 0.3) is 0 Å². The summed E-state index contributed by atoms with van der Waals surface area (Å²) in [5.74, 6) is -0.902. The van der Waals surface area contributed by atoms with Gasteiger partial charge in [0.15, 0.2) is 0 Å². The van der Waals surface area contributed by atoms with Crippen molar-refractivity contribution < 1.29 is 18.7 Å². The van der Waals surface area contributed by atoms with Gasteiger partial charge in [-0.3, -0.25) is 9.59 Å². The second-order valence-corrected chi connectivity index (χ2v) is 7.70. The molecule has 4 nitrogen and oxygen atoms in total. The molecule has 2 aromatic rings. The van der Waals surface area contributed by atoms with E-state index >= 15 is 0 Å². The lowest BCUT2D eigenvalue weighted by Crippen LogP contribution is -2.17. The largest absolute Gasteiger partial charge is 0.465 e. The summed E-state index contributed by atoms with van der Waals surface area (Å²) in [6.45, 7) is 2.40. The van der Waals surface area contributed by atoms with Crippen LogP contribution in [0, 0.1) is 11.7 Å². The average Bonchev–Trinajstić information content (AvgIpc) is 2.67. The van der Waals surface area contributed by atoms with Crippen LogP contribution in [-0.2, 0) is 20.7 Å². The molecule has 28 heavy (non-hydrogen) atoms. The molecule has 0 radical (unpaired) electrons. The first-order valence-corrected chi connectivity index (χ1v) is 10.2. The monoisotopic (exact) mass is 449 g/mol. The third-order valence-electron chi connectivity index (χ3n) is 4.67. The van der Waals surface area contributed by atoms with E-state index < -0.39 is 11.9 Å². The molecule has 2 aromatic carbocycles. The Hall–Kier alpha value is -2.21. The number of rotatable bonds is 10. The maximum absolute atomic E-state index is 14.1. The number of ether oxygens (including phenoxy) is 1. The number of hydrogen-bond donors (Lipinski definition) is 1. The molecule has 0 spiro atoms. The standard InChI is InChI=1S/C22H25BrFNO3/c1-2-15(14-28-22(27)12-11-21(25)26)3-4-16-5-7-17(8-6-16)19-10-9-18(23)13-20(19)24/h5-10,13,15H,2-4,11-12,14H2,1H3,(H2,25,26). The van der Waals surface area contributed by atoms with Gasteiger partial charge in [0.05, 0.1) is 13.0 Å². The second-order valence-electron chi connectivity index (χ2n) is 6.78. The van der Waals surface area contributed by atoms with Gasteiger partial charge in [-0.15, -0.1) is 0 Å². The van der Waals surface area contributed by atoms with Crippen molar-refractivity contribution in [3.8, 4) is 11.1 Å². The quantitative estimate of drug-likeness (QED) is 0.517. The Morgan fingerprint density at radius 3 is 2.46 bits per heavy atom. The third-order valence-corrected chi connectivity index (χ3v) is 5.16. The van der Waals surface area contributed by atoms with Gasteiger partial charge in [-0.2, -0.15) is 0 Å². The summed E-state index contributed by atoms with van der Waals surface area (Å²) in [6.07, 6.45) is 2.66. The molecule has 0 fully saturated rings. The minimum Gasteiger partial charge on any atom is -0.465 e. The highest BCUT2D eigenvalue weighted by Gasteiger charge is 2.12. The van der Waals surface area contributed by atoms with Crippen molar-refractivity contribution in [3.05, 3.63) is 58.3 Å². The first kappa shape index (κ1) is 22.1. The van der Waals surface area contributed by atoms with Crippen LogP contribution in [0.25, 0.3) is 11.1 Å². The lowest BCUT2D eigenvalue weighted by Gasteiger charge is -2.15. The van der Waals surface area contributed by atoms with Crippen LogP contribution in [0.2, 0.25) is 0 Å². The van der Waals surface area contributed by atoms with Crippen LogP contribution in [0.3, 0.4) is 0 Å². The summed E-state index contributed by atoms with van der Waals surface area (Å²) < 4.78 is 20.0. The molecule has 0 saturated heterocycles. The Kier molecular flexibility index (Phi) is 8.64. The molecule has 1 amide bonds. The predicted octanol–water partition coefficient (Wildman–Crippen LogP) is 5.02. The maximum atomic E-state index is 14.1. The van der Waals surface area contributed by atoms with Crippen LogP contribution in [-0.4, -0.2) is 18.5 Å². The van der Waals surface area contributed by atoms with Gasteiger partial charge in [0, 0.05) is 16.5 Å². The topological polar surface area (TPSA) is 69.4 Å². The highest BCUT2D eigenvalue weighted by Crippen LogP contribution is 2.26. The fourth-order valence-electron chi connectivity index (χ4n) is 2.86. The summed E-state index contributed by atoms with van der Waals surface area (Å²) in [5, 5.41) is 0. The van der Waals surface area contributed by atoms with Crippen LogP contribution in [0.15, 0.2) is 46.9 Å². The fourth-order valence-corrected chi connectivity index (χ4v) is 3.19. The molecule has 0 aliphatic rings. The molecular weight excluding hydrogens is 425 g/mol. The number of nitrogens with two attached hydrogens (primary N) is 1. The Morgan fingerprint density at radius 2 is 1.86 bits per heavy atom. The van der Waals surface area contributed by atoms with Crippen LogP contribution >= 0.6 is 15.9 Å². The molecule has 0 aromatic heterocycles. The van der Waals surface area contributed by atoms with Gasteiger partial charge in [0.1, 0.15) is 5.82 Å². The Bertz CT molecular complexity index is 808. The highest BCUT2D eigenvalue weighted by molar-refractivity contribution is 9.10. The summed E-state index contributed by atoms with van der Waals surface area (Å²) >= 11 is 3.27. The molecule has 6 heteroatoms. The Morgan fingerprint density at radius 1 is 1.14 bits per heavy atom. The number of amides is 1. The zero-order valence-corrected chi connectivity index (χ0v) is 17.5. The van der Waals surface area contributed by atoms with E-state index in [1.54, 1.807) is 6.07 Å². The molecule has 0 heterocycles. The molecule has 0 saturated carbocycles. The maximum Gasteiger partial charge on any atom is 0.306 e. The highest BCUT2D eigenvalue weighted by atomic mass is 79.9. The van der Waals surface area contributed by atoms with E-state index in [2.05, 4.69) is 22.9 Å². The molecule has 0 aliphatic carbocycles. The van der Waals surface area contributed by atoms with E-state index in [0.29, 0.717) is 16.6 Å². The minimum absolute atomic E-state index is 0.0148. The second kappa shape index (κ2) is 11.0. The molecular formula is C22H25BrFNO3. The zero-order valence-electron chi connectivity index (χ0n) is 15.9. The first-order chi connectivity index (χ1) is 13.4. The molecule has 1 unspecified atom stereocenters. The van der Waals surface area contributed by atoms with Crippen LogP contribution in [0.5, 0.6) is 0 Å². The van der Waals surface area contributed by atoms with Crippen molar-refractivity contribution >= 4 is 27.8 Å². The minimum atomic E-state index is -0.504. The first-order valence-electron chi connectivity index (χ1n) is 9.37. The fraction of sp³-hybridized carbons (Fsp3) is 0.364. The van der Waals surface area contributed by atoms with Crippen LogP contribution < -0.4 is 5.73 Å². The number of benzene rings is 2. The summed E-state index contributed by atoms with van der Waals surface area (Å²) in [7, 11) is 0. The van der Waals surface area contributed by atoms with Gasteiger partial charge in [-0.1, -0.05) is 59.6 Å². The van der Waals surface area contributed by atoms with Crippen LogP contribution in [0.4, 0.5) is 4.39 Å². The van der Waals surface area contributed by atoms with Crippen molar-refractivity contribution in [2.75, 3.05) is 6.61 Å². The van der Waals surface area contributed by atoms with Crippen LogP contribution in [0.1, 0.15) is 38.2 Å². The van der Waals surface area contributed by atoms with Gasteiger partial charge < -0.3 is 10.5 Å². The van der Waals surface area contributed by atoms with Crippen molar-refractivity contribution in [2.24, 2.45) is 11.7 Å². The number of aryl methyl sites for hydroxylation is 1. The molecule has 2 rings (SSSR count). The lowest BCUT2D eigenvalue weighted by molar-refractivity contribution is -0.146. The van der Waals surface area contributed by atoms with E-state index in [1.807, 2.05) is 30.3 Å². The summed E-state index contributed by atoms with van der Waals surface area (Å²) in [5.41, 5.74) is 7.59. The zero-order chi connectivity index (χ0) is 20.5. The number of hydrogen-bond acceptors (Lipinski definition) is 3. The van der Waals surface area contributed by atoms with Gasteiger partial charge in [0.2, 0.25) is 5.91 Å². The van der Waals surface area contributed by atoms with Crippen molar-refractivity contribution in [2.45, 2.75) is 39.0 Å². The van der Waals surface area contributed by atoms with Gasteiger partial charge in [-0.05, 0) is 42.0 Å². The number of esters is 1. The number of carbonyl (C=O) groups excluding carboxylic acids is 2. The average molecular weight is 450 g/mol. The number of primary amides is 1. The predicted molar refractivity (Wildman–Crippen MR) is 111 cm³/mol. The molecule has 1 atom stereocenters. The normalized spacial score (nSPS) is 11.8. The van der Waals surface area contributed by atoms with E-state index in [0.717, 1.165) is 30.4 Å². The smallest absolute Gasteiger partial charge is 0.306 e.